The number of hydrogen-bond donors (Lipinski definition) is 1. The van der Waals surface area contributed by atoms with E-state index in [2.05, 4.69) is 26.1 Å². The van der Waals surface area contributed by atoms with Gasteiger partial charge in [-0.3, -0.25) is 0 Å². The fourth-order valence-electron chi connectivity index (χ4n) is 2.60. The molecule has 2 aliphatic rings. The van der Waals surface area contributed by atoms with Crippen LogP contribution in [0.3, 0.4) is 0 Å². The van der Waals surface area contributed by atoms with Crippen LogP contribution in [0.1, 0.15) is 0 Å². The molecule has 0 bridgehead atoms. The molecule has 1 N–H and O–H groups in total. The second-order valence-corrected chi connectivity index (χ2v) is 5.49. The molecule has 1 aromatic carbocycles. The molecule has 3 nitrogen and oxygen atoms in total. The Hall–Kier alpha value is -0.810. The van der Waals surface area contributed by atoms with E-state index in [9.17, 15) is 4.39 Å². The first-order valence-electron chi connectivity index (χ1n) is 5.70. The Labute approximate surface area is 108 Å². The minimum atomic E-state index is -0.227. The van der Waals surface area contributed by atoms with Gasteiger partial charge < -0.3 is 15.0 Å². The number of nitrogens with zero attached hydrogens (tertiary/aromatic N) is 1. The van der Waals surface area contributed by atoms with Gasteiger partial charge in [0.2, 0.25) is 0 Å². The quantitative estimate of drug-likeness (QED) is 0.797. The van der Waals surface area contributed by atoms with Crippen molar-refractivity contribution in [1.29, 1.82) is 0 Å². The Morgan fingerprint density at radius 2 is 2.29 bits per heavy atom. The number of hydrogen-bond acceptors (Lipinski definition) is 3. The third-order valence-corrected chi connectivity index (χ3v) is 4.24. The molecule has 0 aliphatic carbocycles. The van der Waals surface area contributed by atoms with E-state index in [-0.39, 0.29) is 5.82 Å². The number of ether oxygens (including phenoxy) is 1. The van der Waals surface area contributed by atoms with Crippen molar-refractivity contribution in [2.24, 2.45) is 5.92 Å². The Morgan fingerprint density at radius 3 is 3.12 bits per heavy atom. The van der Waals surface area contributed by atoms with E-state index in [0.717, 1.165) is 31.1 Å². The molecular formula is C12H14BrFN2O. The number of anilines is 2. The Balaban J connectivity index is 2.05. The standard InChI is InChI=1S/C12H14BrFN2O/c1-16-11-3-9(14)8(13)2-10(11)15-4-7-5-17-6-12(7)16/h2-3,7,12,15H,4-6H2,1H3. The summed E-state index contributed by atoms with van der Waals surface area (Å²) in [5.41, 5.74) is 1.89. The molecule has 5 heteroatoms. The van der Waals surface area contributed by atoms with Gasteiger partial charge in [-0.25, -0.2) is 4.39 Å². The minimum Gasteiger partial charge on any atom is -0.383 e. The van der Waals surface area contributed by atoms with Crippen LogP contribution < -0.4 is 10.2 Å². The summed E-state index contributed by atoms with van der Waals surface area (Å²) in [6, 6.07) is 3.72. The number of benzene rings is 1. The number of rotatable bonds is 0. The molecular weight excluding hydrogens is 287 g/mol. The van der Waals surface area contributed by atoms with Gasteiger partial charge in [-0.1, -0.05) is 0 Å². The predicted molar refractivity (Wildman–Crippen MR) is 69.1 cm³/mol. The molecule has 2 heterocycles. The average Bonchev–Trinajstić information content (AvgIpc) is 2.73. The highest BCUT2D eigenvalue weighted by Gasteiger charge is 2.34. The molecule has 2 atom stereocenters. The van der Waals surface area contributed by atoms with Gasteiger partial charge in [0.25, 0.3) is 0 Å². The molecule has 1 fully saturated rings. The van der Waals surface area contributed by atoms with E-state index in [0.29, 0.717) is 16.4 Å². The fourth-order valence-corrected chi connectivity index (χ4v) is 2.94. The van der Waals surface area contributed by atoms with E-state index in [1.807, 2.05) is 13.1 Å². The summed E-state index contributed by atoms with van der Waals surface area (Å²) >= 11 is 3.22. The molecule has 2 aliphatic heterocycles. The van der Waals surface area contributed by atoms with E-state index in [4.69, 9.17) is 4.74 Å². The van der Waals surface area contributed by atoms with Gasteiger partial charge >= 0.3 is 0 Å². The van der Waals surface area contributed by atoms with Gasteiger partial charge in [0, 0.05) is 25.6 Å². The lowest BCUT2D eigenvalue weighted by Gasteiger charge is -2.27. The van der Waals surface area contributed by atoms with Crippen molar-refractivity contribution in [2.45, 2.75) is 6.04 Å². The summed E-state index contributed by atoms with van der Waals surface area (Å²) in [5.74, 6) is 0.240. The van der Waals surface area contributed by atoms with E-state index >= 15 is 0 Å². The second kappa shape index (κ2) is 4.14. The van der Waals surface area contributed by atoms with E-state index in [1.54, 1.807) is 6.07 Å². The van der Waals surface area contributed by atoms with Crippen molar-refractivity contribution in [2.75, 3.05) is 37.0 Å². The van der Waals surface area contributed by atoms with Crippen molar-refractivity contribution >= 4 is 27.3 Å². The Morgan fingerprint density at radius 1 is 1.47 bits per heavy atom. The van der Waals surface area contributed by atoms with Crippen molar-refractivity contribution in [1.82, 2.24) is 0 Å². The normalized spacial score (nSPS) is 27.1. The molecule has 0 spiro atoms. The highest BCUT2D eigenvalue weighted by Crippen LogP contribution is 2.37. The first-order chi connectivity index (χ1) is 8.16. The van der Waals surface area contributed by atoms with Crippen molar-refractivity contribution < 1.29 is 9.13 Å². The molecule has 0 radical (unpaired) electrons. The summed E-state index contributed by atoms with van der Waals surface area (Å²) < 4.78 is 19.6. The molecule has 0 amide bonds. The summed E-state index contributed by atoms with van der Waals surface area (Å²) in [6.07, 6.45) is 0. The van der Waals surface area contributed by atoms with Gasteiger partial charge in [0.15, 0.2) is 0 Å². The summed E-state index contributed by atoms with van der Waals surface area (Å²) in [6.45, 7) is 2.37. The first kappa shape index (κ1) is 11.3. The smallest absolute Gasteiger partial charge is 0.139 e. The topological polar surface area (TPSA) is 24.5 Å². The zero-order chi connectivity index (χ0) is 12.0. The van der Waals surface area contributed by atoms with Gasteiger partial charge in [-0.2, -0.15) is 0 Å². The summed E-state index contributed by atoms with van der Waals surface area (Å²) in [4.78, 5) is 2.13. The molecule has 1 aromatic rings. The molecule has 3 rings (SSSR count). The van der Waals surface area contributed by atoms with Gasteiger partial charge in [-0.15, -0.1) is 0 Å². The highest BCUT2D eigenvalue weighted by atomic mass is 79.9. The van der Waals surface area contributed by atoms with Gasteiger partial charge in [-0.05, 0) is 22.0 Å². The van der Waals surface area contributed by atoms with Crippen LogP contribution in [0.15, 0.2) is 16.6 Å². The lowest BCUT2D eigenvalue weighted by atomic mass is 10.0. The van der Waals surface area contributed by atoms with Crippen LogP contribution in [0.25, 0.3) is 0 Å². The average molecular weight is 301 g/mol. The zero-order valence-electron chi connectivity index (χ0n) is 9.54. The van der Waals surface area contributed by atoms with Crippen LogP contribution in [-0.4, -0.2) is 32.8 Å². The van der Waals surface area contributed by atoms with Crippen molar-refractivity contribution in [3.05, 3.63) is 22.4 Å². The monoisotopic (exact) mass is 300 g/mol. The van der Waals surface area contributed by atoms with Crippen LogP contribution in [0.5, 0.6) is 0 Å². The molecule has 0 aromatic heterocycles. The summed E-state index contributed by atoms with van der Waals surface area (Å²) in [7, 11) is 2.01. The number of nitrogens with one attached hydrogen (secondary N) is 1. The van der Waals surface area contributed by atoms with Crippen LogP contribution >= 0.6 is 15.9 Å². The SMILES string of the molecule is CN1c2cc(F)c(Br)cc2NCC2COCC21. The maximum absolute atomic E-state index is 13.6. The summed E-state index contributed by atoms with van der Waals surface area (Å²) in [5, 5.41) is 3.38. The van der Waals surface area contributed by atoms with Crippen LogP contribution in [0.4, 0.5) is 15.8 Å². The first-order valence-corrected chi connectivity index (χ1v) is 6.49. The number of halogens is 2. The second-order valence-electron chi connectivity index (χ2n) is 4.64. The third-order valence-electron chi connectivity index (χ3n) is 3.64. The van der Waals surface area contributed by atoms with Gasteiger partial charge in [0.05, 0.1) is 35.1 Å². The number of fused-ring (bicyclic) bond motifs is 2. The van der Waals surface area contributed by atoms with Crippen molar-refractivity contribution in [3.8, 4) is 0 Å². The predicted octanol–water partition coefficient (Wildman–Crippen LogP) is 2.46. The van der Waals surface area contributed by atoms with Gasteiger partial charge in [0.1, 0.15) is 5.82 Å². The lowest BCUT2D eigenvalue weighted by Crippen LogP contribution is -2.37. The largest absolute Gasteiger partial charge is 0.383 e. The molecule has 2 unspecified atom stereocenters. The third kappa shape index (κ3) is 1.81. The Kier molecular flexibility index (Phi) is 2.75. The highest BCUT2D eigenvalue weighted by molar-refractivity contribution is 9.10. The van der Waals surface area contributed by atoms with Crippen LogP contribution in [0.2, 0.25) is 0 Å². The van der Waals surface area contributed by atoms with E-state index < -0.39 is 0 Å². The lowest BCUT2D eigenvalue weighted by molar-refractivity contribution is 0.185. The van der Waals surface area contributed by atoms with Crippen molar-refractivity contribution in [3.63, 3.8) is 0 Å². The number of likely N-dealkylation sites (N-methyl/N-ethyl adjacent to an activating group) is 1. The van der Waals surface area contributed by atoms with E-state index in [1.165, 1.54) is 0 Å². The van der Waals surface area contributed by atoms with Crippen LogP contribution in [0, 0.1) is 11.7 Å². The maximum atomic E-state index is 13.6. The molecule has 17 heavy (non-hydrogen) atoms. The molecule has 0 saturated carbocycles. The Bertz CT molecular complexity index is 454. The fraction of sp³-hybridized carbons (Fsp3) is 0.500. The molecule has 1 saturated heterocycles. The minimum absolute atomic E-state index is 0.227. The zero-order valence-corrected chi connectivity index (χ0v) is 11.1. The van der Waals surface area contributed by atoms with Crippen LogP contribution in [-0.2, 0) is 4.74 Å². The molecule has 92 valence electrons. The maximum Gasteiger partial charge on any atom is 0.139 e.